The van der Waals surface area contributed by atoms with Crippen LogP contribution in [0, 0.1) is 0 Å². The van der Waals surface area contributed by atoms with Crippen LogP contribution >= 0.6 is 11.8 Å². The Morgan fingerprint density at radius 3 is 2.55 bits per heavy atom. The number of rotatable bonds is 6. The number of hydrogen-bond acceptors (Lipinski definition) is 4. The van der Waals surface area contributed by atoms with Gasteiger partial charge in [-0.1, -0.05) is 54.2 Å². The van der Waals surface area contributed by atoms with Crippen molar-refractivity contribution in [3.05, 3.63) is 83.9 Å². The Labute approximate surface area is 190 Å². The number of fused-ring (bicyclic) bond motifs is 2. The summed E-state index contributed by atoms with van der Waals surface area (Å²) in [6.07, 6.45) is 3.68. The van der Waals surface area contributed by atoms with Crippen molar-refractivity contribution in [3.8, 4) is 5.75 Å². The first-order valence-electron chi connectivity index (χ1n) is 11.3. The summed E-state index contributed by atoms with van der Waals surface area (Å²) >= 11 is 1.91. The molecule has 0 aliphatic carbocycles. The fourth-order valence-corrected chi connectivity index (χ4v) is 5.92. The molecule has 0 aromatic heterocycles. The third-order valence-electron chi connectivity index (χ3n) is 6.54. The van der Waals surface area contributed by atoms with Gasteiger partial charge in [-0.15, -0.1) is 0 Å². The summed E-state index contributed by atoms with van der Waals surface area (Å²) in [5.41, 5.74) is 4.20. The van der Waals surface area contributed by atoms with Crippen LogP contribution in [0.1, 0.15) is 24.0 Å². The van der Waals surface area contributed by atoms with Gasteiger partial charge in [0, 0.05) is 35.5 Å². The Morgan fingerprint density at radius 2 is 1.71 bits per heavy atom. The van der Waals surface area contributed by atoms with E-state index in [0.29, 0.717) is 6.04 Å². The zero-order chi connectivity index (χ0) is 21.0. The molecule has 160 valence electrons. The van der Waals surface area contributed by atoms with E-state index >= 15 is 0 Å². The Balaban J connectivity index is 1.30. The van der Waals surface area contributed by atoms with E-state index in [1.807, 2.05) is 11.8 Å². The van der Waals surface area contributed by atoms with Crippen LogP contribution in [0.3, 0.4) is 0 Å². The molecule has 2 heterocycles. The first-order valence-corrected chi connectivity index (χ1v) is 12.1. The minimum atomic E-state index is 0.613. The molecule has 5 rings (SSSR count). The third-order valence-corrected chi connectivity index (χ3v) is 7.72. The molecular formula is C27H30N2OS. The average Bonchev–Trinajstić information content (AvgIpc) is 3.19. The van der Waals surface area contributed by atoms with Crippen LogP contribution in [-0.4, -0.2) is 37.7 Å². The number of hydrogen-bond donors (Lipinski definition) is 0. The molecule has 3 nitrogen and oxygen atoms in total. The number of anilines is 1. The monoisotopic (exact) mass is 430 g/mol. The molecule has 1 saturated heterocycles. The molecule has 0 N–H and O–H groups in total. The van der Waals surface area contributed by atoms with Gasteiger partial charge < -0.3 is 9.64 Å². The molecule has 31 heavy (non-hydrogen) atoms. The van der Waals surface area contributed by atoms with Gasteiger partial charge in [0.2, 0.25) is 0 Å². The van der Waals surface area contributed by atoms with Crippen molar-refractivity contribution in [2.24, 2.45) is 0 Å². The van der Waals surface area contributed by atoms with Crippen LogP contribution < -0.4 is 9.64 Å². The van der Waals surface area contributed by atoms with Crippen molar-refractivity contribution in [2.45, 2.75) is 41.6 Å². The lowest BCUT2D eigenvalue weighted by molar-refractivity contribution is 0.258. The summed E-state index contributed by atoms with van der Waals surface area (Å²) in [4.78, 5) is 8.08. The van der Waals surface area contributed by atoms with Gasteiger partial charge >= 0.3 is 0 Å². The van der Waals surface area contributed by atoms with Crippen molar-refractivity contribution < 1.29 is 4.74 Å². The van der Waals surface area contributed by atoms with E-state index < -0.39 is 0 Å². The summed E-state index contributed by atoms with van der Waals surface area (Å²) in [6.45, 7) is 4.41. The average molecular weight is 431 g/mol. The number of methoxy groups -OCH3 is 1. The Bertz CT molecular complexity index is 1020. The number of para-hydroxylation sites is 1. The van der Waals surface area contributed by atoms with E-state index in [-0.39, 0.29) is 0 Å². The SMILES string of the molecule is COc1ccc(CCN2CCC[C@H]2CN2Cc3ccccc3Sc3ccccc32)cc1. The van der Waals surface area contributed by atoms with Gasteiger partial charge in [0.1, 0.15) is 5.75 Å². The molecule has 1 fully saturated rings. The zero-order valence-electron chi connectivity index (χ0n) is 18.2. The minimum Gasteiger partial charge on any atom is -0.497 e. The molecule has 0 amide bonds. The lowest BCUT2D eigenvalue weighted by Gasteiger charge is -2.32. The summed E-state index contributed by atoms with van der Waals surface area (Å²) in [5.74, 6) is 0.931. The molecule has 2 aliphatic rings. The maximum Gasteiger partial charge on any atom is 0.118 e. The fraction of sp³-hybridized carbons (Fsp3) is 0.333. The summed E-state index contributed by atoms with van der Waals surface area (Å²) in [6, 6.07) is 26.9. The molecule has 2 aliphatic heterocycles. The first kappa shape index (κ1) is 20.5. The Hall–Kier alpha value is -2.43. The molecule has 3 aromatic rings. The van der Waals surface area contributed by atoms with E-state index in [4.69, 9.17) is 4.74 Å². The van der Waals surface area contributed by atoms with Gasteiger partial charge in [-0.25, -0.2) is 0 Å². The molecular weight excluding hydrogens is 400 g/mol. The Kier molecular flexibility index (Phi) is 6.19. The topological polar surface area (TPSA) is 15.7 Å². The normalized spacial score (nSPS) is 18.4. The van der Waals surface area contributed by atoms with Crippen LogP contribution in [0.15, 0.2) is 82.6 Å². The molecule has 0 bridgehead atoms. The van der Waals surface area contributed by atoms with E-state index in [9.17, 15) is 0 Å². The summed E-state index contributed by atoms with van der Waals surface area (Å²) in [5, 5.41) is 0. The molecule has 1 atom stereocenters. The van der Waals surface area contributed by atoms with Crippen molar-refractivity contribution in [1.82, 2.24) is 4.90 Å². The number of ether oxygens (including phenoxy) is 1. The van der Waals surface area contributed by atoms with Gasteiger partial charge in [0.05, 0.1) is 12.8 Å². The fourth-order valence-electron chi connectivity index (χ4n) is 4.83. The highest BCUT2D eigenvalue weighted by atomic mass is 32.2. The highest BCUT2D eigenvalue weighted by Crippen LogP contribution is 2.41. The third kappa shape index (κ3) is 4.60. The van der Waals surface area contributed by atoms with Gasteiger partial charge in [0.15, 0.2) is 0 Å². The van der Waals surface area contributed by atoms with Crippen LogP contribution in [-0.2, 0) is 13.0 Å². The molecule has 0 saturated carbocycles. The second kappa shape index (κ2) is 9.37. The smallest absolute Gasteiger partial charge is 0.118 e. The predicted octanol–water partition coefficient (Wildman–Crippen LogP) is 5.87. The maximum absolute atomic E-state index is 5.30. The van der Waals surface area contributed by atoms with Crippen LogP contribution in [0.4, 0.5) is 5.69 Å². The van der Waals surface area contributed by atoms with Crippen LogP contribution in [0.25, 0.3) is 0 Å². The standard InChI is InChI=1S/C27H30N2OS/c1-30-24-14-12-21(13-15-24)16-18-28-17-6-8-23(28)20-29-19-22-7-2-4-10-26(22)31-27-11-5-3-9-25(27)29/h2-5,7,9-15,23H,6,8,16-20H2,1H3/t23-/m0/s1. The van der Waals surface area contributed by atoms with E-state index in [1.54, 1.807) is 7.11 Å². The number of benzene rings is 3. The minimum absolute atomic E-state index is 0.613. The van der Waals surface area contributed by atoms with Crippen molar-refractivity contribution in [2.75, 3.05) is 31.6 Å². The molecule has 0 radical (unpaired) electrons. The van der Waals surface area contributed by atoms with E-state index in [0.717, 1.165) is 31.8 Å². The zero-order valence-corrected chi connectivity index (χ0v) is 19.0. The largest absolute Gasteiger partial charge is 0.497 e. The van der Waals surface area contributed by atoms with Crippen molar-refractivity contribution in [3.63, 3.8) is 0 Å². The lowest BCUT2D eigenvalue weighted by Crippen LogP contribution is -2.41. The summed E-state index contributed by atoms with van der Waals surface area (Å²) < 4.78 is 5.30. The predicted molar refractivity (Wildman–Crippen MR) is 129 cm³/mol. The van der Waals surface area contributed by atoms with E-state index in [2.05, 4.69) is 82.6 Å². The van der Waals surface area contributed by atoms with Crippen LogP contribution in [0.5, 0.6) is 5.75 Å². The highest BCUT2D eigenvalue weighted by molar-refractivity contribution is 7.99. The van der Waals surface area contributed by atoms with Crippen molar-refractivity contribution >= 4 is 17.4 Å². The molecule has 0 unspecified atom stereocenters. The van der Waals surface area contributed by atoms with E-state index in [1.165, 1.54) is 46.0 Å². The van der Waals surface area contributed by atoms with Gasteiger partial charge in [-0.05, 0) is 67.3 Å². The summed E-state index contributed by atoms with van der Waals surface area (Å²) in [7, 11) is 1.72. The van der Waals surface area contributed by atoms with Gasteiger partial charge in [0.25, 0.3) is 0 Å². The number of likely N-dealkylation sites (tertiary alicyclic amines) is 1. The quantitative estimate of drug-likeness (QED) is 0.485. The second-order valence-corrected chi connectivity index (χ2v) is 9.57. The number of nitrogens with zero attached hydrogens (tertiary/aromatic N) is 2. The first-order chi connectivity index (χ1) is 15.3. The molecule has 0 spiro atoms. The lowest BCUT2D eigenvalue weighted by atomic mass is 10.1. The maximum atomic E-state index is 5.30. The second-order valence-electron chi connectivity index (χ2n) is 8.49. The van der Waals surface area contributed by atoms with Crippen molar-refractivity contribution in [1.29, 1.82) is 0 Å². The van der Waals surface area contributed by atoms with Crippen LogP contribution in [0.2, 0.25) is 0 Å². The highest BCUT2D eigenvalue weighted by Gasteiger charge is 2.28. The molecule has 3 aromatic carbocycles. The molecule has 4 heteroatoms. The Morgan fingerprint density at radius 1 is 0.935 bits per heavy atom. The van der Waals surface area contributed by atoms with Gasteiger partial charge in [-0.2, -0.15) is 0 Å². The van der Waals surface area contributed by atoms with Gasteiger partial charge in [-0.3, -0.25) is 4.90 Å².